The van der Waals surface area contributed by atoms with E-state index < -0.39 is 41.9 Å². The summed E-state index contributed by atoms with van der Waals surface area (Å²) in [6.07, 6.45) is -8.82. The van der Waals surface area contributed by atoms with Gasteiger partial charge in [0.25, 0.3) is 5.91 Å². The number of benzene rings is 2. The molecule has 3 N–H and O–H groups in total. The summed E-state index contributed by atoms with van der Waals surface area (Å²) in [6.45, 7) is 2.27. The highest BCUT2D eigenvalue weighted by molar-refractivity contribution is 5.85. The second-order valence-corrected chi connectivity index (χ2v) is 8.97. The van der Waals surface area contributed by atoms with E-state index in [0.29, 0.717) is 5.56 Å². The summed E-state index contributed by atoms with van der Waals surface area (Å²) in [5, 5.41) is 24.0. The summed E-state index contributed by atoms with van der Waals surface area (Å²) in [5.74, 6) is -0.899. The van der Waals surface area contributed by atoms with Crippen molar-refractivity contribution < 1.29 is 47.1 Å². The molecule has 0 heterocycles. The second-order valence-electron chi connectivity index (χ2n) is 8.97. The van der Waals surface area contributed by atoms with Gasteiger partial charge >= 0.3 is 6.36 Å². The molecule has 1 aliphatic rings. The standard InChI is InChI=1S/C26H32F3NO7/c1-17-6-3-4-8-19(17)16-36-25(24(33)30-10-11-34-2)13-21(31)23(32)22(14-25)35-15-18-7-5-9-20(12-18)37-26(27,28)29/h3-9,12,21-23,31-32H,10-11,13-16H2,1-2H3,(H,30,33)/t21-,22?,23-,25+/m1/s1. The van der Waals surface area contributed by atoms with Crippen LogP contribution in [0, 0.1) is 6.92 Å². The molecule has 0 aromatic heterocycles. The smallest absolute Gasteiger partial charge is 0.406 e. The zero-order chi connectivity index (χ0) is 27.1. The maximum Gasteiger partial charge on any atom is 0.573 e. The zero-order valence-corrected chi connectivity index (χ0v) is 20.7. The minimum Gasteiger partial charge on any atom is -0.406 e. The molecule has 2 aromatic carbocycles. The molecular formula is C26H32F3NO7. The molecule has 8 nitrogen and oxygen atoms in total. The quantitative estimate of drug-likeness (QED) is 0.386. The molecule has 4 atom stereocenters. The predicted octanol–water partition coefficient (Wildman–Crippen LogP) is 3.01. The number of hydrogen-bond acceptors (Lipinski definition) is 7. The first-order valence-electron chi connectivity index (χ1n) is 11.8. The van der Waals surface area contributed by atoms with E-state index in [0.717, 1.165) is 17.2 Å². The van der Waals surface area contributed by atoms with Crippen molar-refractivity contribution in [3.63, 3.8) is 0 Å². The van der Waals surface area contributed by atoms with Crippen molar-refractivity contribution in [2.45, 2.75) is 63.3 Å². The van der Waals surface area contributed by atoms with Crippen LogP contribution in [0.15, 0.2) is 48.5 Å². The number of carbonyl (C=O) groups is 1. The summed E-state index contributed by atoms with van der Waals surface area (Å²) in [7, 11) is 1.50. The predicted molar refractivity (Wildman–Crippen MR) is 127 cm³/mol. The van der Waals surface area contributed by atoms with Crippen LogP contribution in [0.25, 0.3) is 0 Å². The van der Waals surface area contributed by atoms with Gasteiger partial charge in [0.2, 0.25) is 0 Å². The first-order chi connectivity index (χ1) is 17.5. The molecule has 0 radical (unpaired) electrons. The molecule has 1 fully saturated rings. The Kier molecular flexibility index (Phi) is 9.91. The molecule has 1 saturated carbocycles. The van der Waals surface area contributed by atoms with Gasteiger partial charge in [0.1, 0.15) is 11.9 Å². The maximum atomic E-state index is 13.3. The Balaban J connectivity index is 1.78. The molecule has 0 aliphatic heterocycles. The minimum atomic E-state index is -4.84. The van der Waals surface area contributed by atoms with Crippen molar-refractivity contribution in [3.05, 3.63) is 65.2 Å². The fourth-order valence-electron chi connectivity index (χ4n) is 4.21. The molecule has 1 unspecified atom stereocenters. The molecule has 0 bridgehead atoms. The van der Waals surface area contributed by atoms with E-state index in [2.05, 4.69) is 10.1 Å². The van der Waals surface area contributed by atoms with Crippen LogP contribution in [0.2, 0.25) is 0 Å². The van der Waals surface area contributed by atoms with Crippen LogP contribution in [-0.4, -0.2) is 66.7 Å². The number of aryl methyl sites for hydroxylation is 1. The van der Waals surface area contributed by atoms with Gasteiger partial charge in [-0.1, -0.05) is 36.4 Å². The van der Waals surface area contributed by atoms with Gasteiger partial charge in [0.15, 0.2) is 5.60 Å². The lowest BCUT2D eigenvalue weighted by Crippen LogP contribution is -2.60. The first-order valence-corrected chi connectivity index (χ1v) is 11.8. The molecule has 0 spiro atoms. The first kappa shape index (κ1) is 28.9. The number of hydrogen-bond donors (Lipinski definition) is 3. The molecule has 3 rings (SSSR count). The third-order valence-corrected chi connectivity index (χ3v) is 6.21. The second kappa shape index (κ2) is 12.7. The normalized spacial score (nSPS) is 24.0. The number of ether oxygens (including phenoxy) is 4. The minimum absolute atomic E-state index is 0.0801. The Hall–Kier alpha value is -2.70. The van der Waals surface area contributed by atoms with Crippen LogP contribution in [0.1, 0.15) is 29.5 Å². The van der Waals surface area contributed by atoms with E-state index in [1.807, 2.05) is 31.2 Å². The van der Waals surface area contributed by atoms with Crippen molar-refractivity contribution in [1.29, 1.82) is 0 Å². The van der Waals surface area contributed by atoms with Gasteiger partial charge in [-0.25, -0.2) is 0 Å². The van der Waals surface area contributed by atoms with Crippen molar-refractivity contribution in [2.75, 3.05) is 20.3 Å². The number of aliphatic hydroxyl groups is 2. The van der Waals surface area contributed by atoms with E-state index in [1.165, 1.54) is 25.3 Å². The van der Waals surface area contributed by atoms with E-state index in [4.69, 9.17) is 14.2 Å². The van der Waals surface area contributed by atoms with Gasteiger partial charge in [0.05, 0.1) is 32.0 Å². The van der Waals surface area contributed by atoms with E-state index in [1.54, 1.807) is 0 Å². The number of alkyl halides is 3. The lowest BCUT2D eigenvalue weighted by molar-refractivity contribution is -0.274. The van der Waals surface area contributed by atoms with Crippen molar-refractivity contribution >= 4 is 5.91 Å². The van der Waals surface area contributed by atoms with E-state index in [-0.39, 0.29) is 39.2 Å². The van der Waals surface area contributed by atoms with Gasteiger partial charge in [-0.05, 0) is 35.7 Å². The van der Waals surface area contributed by atoms with Crippen LogP contribution in [-0.2, 0) is 32.2 Å². The van der Waals surface area contributed by atoms with Gasteiger partial charge in [0, 0.05) is 26.5 Å². The Morgan fingerprint density at radius 3 is 2.57 bits per heavy atom. The third-order valence-electron chi connectivity index (χ3n) is 6.21. The molecule has 1 aliphatic carbocycles. The zero-order valence-electron chi connectivity index (χ0n) is 20.7. The Morgan fingerprint density at radius 2 is 1.86 bits per heavy atom. The Morgan fingerprint density at radius 1 is 1.11 bits per heavy atom. The molecular weight excluding hydrogens is 495 g/mol. The van der Waals surface area contributed by atoms with Crippen molar-refractivity contribution in [3.8, 4) is 5.75 Å². The largest absolute Gasteiger partial charge is 0.573 e. The van der Waals surface area contributed by atoms with E-state index >= 15 is 0 Å². The topological polar surface area (TPSA) is 106 Å². The van der Waals surface area contributed by atoms with Crippen LogP contribution in [0.4, 0.5) is 13.2 Å². The van der Waals surface area contributed by atoms with Gasteiger partial charge in [-0.2, -0.15) is 0 Å². The van der Waals surface area contributed by atoms with Gasteiger partial charge in [-0.15, -0.1) is 13.2 Å². The van der Waals surface area contributed by atoms with Gasteiger partial charge < -0.3 is 34.5 Å². The lowest BCUT2D eigenvalue weighted by Gasteiger charge is -2.44. The molecule has 0 saturated heterocycles. The van der Waals surface area contributed by atoms with Crippen LogP contribution in [0.3, 0.4) is 0 Å². The highest BCUT2D eigenvalue weighted by Gasteiger charge is 2.51. The van der Waals surface area contributed by atoms with Gasteiger partial charge in [-0.3, -0.25) is 4.79 Å². The fraction of sp³-hybridized carbons (Fsp3) is 0.500. The average molecular weight is 528 g/mol. The SMILES string of the molecule is COCCNC(=O)[C@@]1(OCc2ccccc2C)CC(OCc2cccc(OC(F)(F)F)c2)[C@H](O)[C@H](O)C1. The lowest BCUT2D eigenvalue weighted by atomic mass is 9.78. The Bertz CT molecular complexity index is 1040. The molecule has 2 aromatic rings. The number of amides is 1. The maximum absolute atomic E-state index is 13.3. The number of nitrogens with one attached hydrogen (secondary N) is 1. The van der Waals surface area contributed by atoms with Crippen LogP contribution >= 0.6 is 0 Å². The van der Waals surface area contributed by atoms with Crippen LogP contribution < -0.4 is 10.1 Å². The number of methoxy groups -OCH3 is 1. The van der Waals surface area contributed by atoms with E-state index in [9.17, 15) is 28.2 Å². The summed E-state index contributed by atoms with van der Waals surface area (Å²) in [5.41, 5.74) is 0.638. The molecule has 204 valence electrons. The molecule has 37 heavy (non-hydrogen) atoms. The highest BCUT2D eigenvalue weighted by Crippen LogP contribution is 2.36. The monoisotopic (exact) mass is 527 g/mol. The number of aliphatic hydroxyl groups excluding tert-OH is 2. The van der Waals surface area contributed by atoms with Crippen molar-refractivity contribution in [2.24, 2.45) is 0 Å². The summed E-state index contributed by atoms with van der Waals surface area (Å²) >= 11 is 0. The van der Waals surface area contributed by atoms with Crippen molar-refractivity contribution in [1.82, 2.24) is 5.32 Å². The Labute approximate surface area is 213 Å². The number of carbonyl (C=O) groups excluding carboxylic acids is 1. The summed E-state index contributed by atoms with van der Waals surface area (Å²) in [4.78, 5) is 13.3. The molecule has 1 amide bonds. The highest BCUT2D eigenvalue weighted by atomic mass is 19.4. The third kappa shape index (κ3) is 8.14. The van der Waals surface area contributed by atoms with Crippen LogP contribution in [0.5, 0.6) is 5.75 Å². The number of rotatable bonds is 11. The number of halogens is 3. The summed E-state index contributed by atoms with van der Waals surface area (Å²) in [6, 6.07) is 12.7. The molecule has 11 heteroatoms. The average Bonchev–Trinajstić information content (AvgIpc) is 2.84. The summed E-state index contributed by atoms with van der Waals surface area (Å²) < 4.78 is 58.6. The fourth-order valence-corrected chi connectivity index (χ4v) is 4.21.